The van der Waals surface area contributed by atoms with Crippen LogP contribution < -0.4 is 10.6 Å². The fourth-order valence-electron chi connectivity index (χ4n) is 1.11. The number of hydrogen-bond donors (Lipinski definition) is 1. The highest BCUT2D eigenvalue weighted by Crippen LogP contribution is 2.19. The molecule has 0 atom stereocenters. The Balaban J connectivity index is 3.13. The van der Waals surface area contributed by atoms with E-state index in [0.29, 0.717) is 5.82 Å². The van der Waals surface area contributed by atoms with Gasteiger partial charge in [-0.15, -0.1) is 0 Å². The molecule has 0 aliphatic carbocycles. The summed E-state index contributed by atoms with van der Waals surface area (Å²) in [6.45, 7) is 8.45. The zero-order valence-electron chi connectivity index (χ0n) is 7.99. The fraction of sp³-hybridized carbons (Fsp3) is 0.333. The normalized spacial score (nSPS) is 9.69. The molecule has 1 aromatic rings. The SMILES string of the molecule is C=CN(CC)c1ncnc(N)c1C. The zero-order chi connectivity index (χ0) is 9.84. The Bertz CT molecular complexity index is 308. The molecule has 0 amide bonds. The van der Waals surface area contributed by atoms with E-state index in [0.717, 1.165) is 17.9 Å². The molecule has 0 aromatic carbocycles. The van der Waals surface area contributed by atoms with Gasteiger partial charge in [0.1, 0.15) is 18.0 Å². The molecule has 0 unspecified atom stereocenters. The molecule has 0 bridgehead atoms. The molecule has 4 heteroatoms. The largest absolute Gasteiger partial charge is 0.383 e. The molecule has 1 rings (SSSR count). The van der Waals surface area contributed by atoms with E-state index in [1.807, 2.05) is 18.7 Å². The van der Waals surface area contributed by atoms with Crippen LogP contribution in [0.15, 0.2) is 19.1 Å². The second kappa shape index (κ2) is 3.89. The lowest BCUT2D eigenvalue weighted by Gasteiger charge is -2.18. The summed E-state index contributed by atoms with van der Waals surface area (Å²) in [5, 5.41) is 0. The molecular weight excluding hydrogens is 164 g/mol. The van der Waals surface area contributed by atoms with Crippen molar-refractivity contribution in [3.63, 3.8) is 0 Å². The molecular formula is C9H14N4. The van der Waals surface area contributed by atoms with Gasteiger partial charge in [-0.1, -0.05) is 6.58 Å². The van der Waals surface area contributed by atoms with Gasteiger partial charge < -0.3 is 10.6 Å². The van der Waals surface area contributed by atoms with Crippen molar-refractivity contribution in [1.29, 1.82) is 0 Å². The van der Waals surface area contributed by atoms with Gasteiger partial charge in [0.25, 0.3) is 0 Å². The summed E-state index contributed by atoms with van der Waals surface area (Å²) in [7, 11) is 0. The predicted molar refractivity (Wildman–Crippen MR) is 54.4 cm³/mol. The van der Waals surface area contributed by atoms with Crippen molar-refractivity contribution in [2.24, 2.45) is 0 Å². The summed E-state index contributed by atoms with van der Waals surface area (Å²) in [6, 6.07) is 0. The average molecular weight is 178 g/mol. The van der Waals surface area contributed by atoms with E-state index < -0.39 is 0 Å². The summed E-state index contributed by atoms with van der Waals surface area (Å²) in [4.78, 5) is 9.96. The Hall–Kier alpha value is -1.58. The molecule has 0 radical (unpaired) electrons. The quantitative estimate of drug-likeness (QED) is 0.758. The van der Waals surface area contributed by atoms with Crippen LogP contribution in [0.5, 0.6) is 0 Å². The average Bonchev–Trinajstić information content (AvgIpc) is 2.14. The molecule has 0 aliphatic rings. The van der Waals surface area contributed by atoms with Gasteiger partial charge in [0, 0.05) is 12.1 Å². The van der Waals surface area contributed by atoms with Gasteiger partial charge in [-0.25, -0.2) is 9.97 Å². The van der Waals surface area contributed by atoms with Gasteiger partial charge in [-0.2, -0.15) is 0 Å². The monoisotopic (exact) mass is 178 g/mol. The van der Waals surface area contributed by atoms with Crippen molar-refractivity contribution in [1.82, 2.24) is 9.97 Å². The first-order valence-electron chi connectivity index (χ1n) is 4.17. The zero-order valence-corrected chi connectivity index (χ0v) is 7.99. The summed E-state index contributed by atoms with van der Waals surface area (Å²) in [5.41, 5.74) is 6.55. The van der Waals surface area contributed by atoms with Crippen molar-refractivity contribution >= 4 is 11.6 Å². The lowest BCUT2D eigenvalue weighted by molar-refractivity contribution is 0.960. The van der Waals surface area contributed by atoms with E-state index in [4.69, 9.17) is 5.73 Å². The first-order valence-corrected chi connectivity index (χ1v) is 4.17. The molecule has 13 heavy (non-hydrogen) atoms. The molecule has 1 heterocycles. The molecule has 0 saturated carbocycles. The number of nitrogens with two attached hydrogens (primary N) is 1. The minimum Gasteiger partial charge on any atom is -0.383 e. The van der Waals surface area contributed by atoms with Crippen molar-refractivity contribution in [3.8, 4) is 0 Å². The molecule has 1 aromatic heterocycles. The van der Waals surface area contributed by atoms with E-state index in [2.05, 4.69) is 16.5 Å². The Morgan fingerprint density at radius 1 is 1.62 bits per heavy atom. The van der Waals surface area contributed by atoms with Gasteiger partial charge in [-0.05, 0) is 20.0 Å². The summed E-state index contributed by atoms with van der Waals surface area (Å²) in [6.07, 6.45) is 3.19. The van der Waals surface area contributed by atoms with E-state index in [1.165, 1.54) is 6.33 Å². The van der Waals surface area contributed by atoms with Gasteiger partial charge in [0.2, 0.25) is 0 Å². The van der Waals surface area contributed by atoms with Gasteiger partial charge >= 0.3 is 0 Å². The number of rotatable bonds is 3. The van der Waals surface area contributed by atoms with Crippen molar-refractivity contribution in [2.75, 3.05) is 17.2 Å². The van der Waals surface area contributed by atoms with Crippen LogP contribution in [0, 0.1) is 6.92 Å². The van der Waals surface area contributed by atoms with Gasteiger partial charge in [0.15, 0.2) is 0 Å². The topological polar surface area (TPSA) is 55.0 Å². The smallest absolute Gasteiger partial charge is 0.140 e. The lowest BCUT2D eigenvalue weighted by Crippen LogP contribution is -2.17. The highest BCUT2D eigenvalue weighted by molar-refractivity contribution is 5.56. The van der Waals surface area contributed by atoms with Crippen LogP contribution in [0.2, 0.25) is 0 Å². The molecule has 0 aliphatic heterocycles. The summed E-state index contributed by atoms with van der Waals surface area (Å²) in [5.74, 6) is 1.34. The van der Waals surface area contributed by atoms with E-state index in [-0.39, 0.29) is 0 Å². The van der Waals surface area contributed by atoms with Crippen LogP contribution >= 0.6 is 0 Å². The third-order valence-electron chi connectivity index (χ3n) is 1.93. The predicted octanol–water partition coefficient (Wildman–Crippen LogP) is 1.34. The molecule has 0 spiro atoms. The van der Waals surface area contributed by atoms with Crippen molar-refractivity contribution in [2.45, 2.75) is 13.8 Å². The summed E-state index contributed by atoms with van der Waals surface area (Å²) < 4.78 is 0. The van der Waals surface area contributed by atoms with Crippen LogP contribution in [0.3, 0.4) is 0 Å². The second-order valence-electron chi connectivity index (χ2n) is 2.68. The van der Waals surface area contributed by atoms with Gasteiger partial charge in [0.05, 0.1) is 0 Å². The maximum atomic E-state index is 5.66. The second-order valence-corrected chi connectivity index (χ2v) is 2.68. The maximum absolute atomic E-state index is 5.66. The third-order valence-corrected chi connectivity index (χ3v) is 1.93. The Kier molecular flexibility index (Phi) is 2.84. The first-order chi connectivity index (χ1) is 6.20. The number of aromatic nitrogens is 2. The number of nitrogens with zero attached hydrogens (tertiary/aromatic N) is 3. The number of anilines is 2. The Labute approximate surface area is 78.1 Å². The maximum Gasteiger partial charge on any atom is 0.140 e. The number of hydrogen-bond acceptors (Lipinski definition) is 4. The lowest BCUT2D eigenvalue weighted by atomic mass is 10.3. The van der Waals surface area contributed by atoms with Crippen LogP contribution in [-0.2, 0) is 0 Å². The van der Waals surface area contributed by atoms with E-state index in [9.17, 15) is 0 Å². The standard InChI is InChI=1S/C9H14N4/c1-4-13(5-2)9-7(3)8(10)11-6-12-9/h4,6H,1,5H2,2-3H3,(H2,10,11,12). The van der Waals surface area contributed by atoms with Crippen LogP contribution in [0.4, 0.5) is 11.6 Å². The molecule has 2 N–H and O–H groups in total. The number of nitrogen functional groups attached to an aromatic ring is 1. The molecule has 70 valence electrons. The first kappa shape index (κ1) is 9.51. The molecule has 4 nitrogen and oxygen atoms in total. The van der Waals surface area contributed by atoms with Crippen LogP contribution in [-0.4, -0.2) is 16.5 Å². The summed E-state index contributed by atoms with van der Waals surface area (Å²) >= 11 is 0. The minimum absolute atomic E-state index is 0.519. The van der Waals surface area contributed by atoms with Crippen molar-refractivity contribution in [3.05, 3.63) is 24.7 Å². The minimum atomic E-state index is 0.519. The van der Waals surface area contributed by atoms with Crippen LogP contribution in [0.1, 0.15) is 12.5 Å². The van der Waals surface area contributed by atoms with E-state index >= 15 is 0 Å². The molecule has 0 saturated heterocycles. The highest BCUT2D eigenvalue weighted by atomic mass is 15.2. The third kappa shape index (κ3) is 1.77. The Morgan fingerprint density at radius 2 is 2.31 bits per heavy atom. The highest BCUT2D eigenvalue weighted by Gasteiger charge is 2.07. The van der Waals surface area contributed by atoms with Crippen LogP contribution in [0.25, 0.3) is 0 Å². The van der Waals surface area contributed by atoms with Gasteiger partial charge in [-0.3, -0.25) is 0 Å². The van der Waals surface area contributed by atoms with Crippen molar-refractivity contribution < 1.29 is 0 Å². The van der Waals surface area contributed by atoms with E-state index in [1.54, 1.807) is 6.20 Å². The molecule has 0 fully saturated rings. The fourth-order valence-corrected chi connectivity index (χ4v) is 1.11. The Morgan fingerprint density at radius 3 is 2.85 bits per heavy atom.